The lowest BCUT2D eigenvalue weighted by atomic mass is 10.2. The summed E-state index contributed by atoms with van der Waals surface area (Å²) in [5.41, 5.74) is 2.79. The van der Waals surface area contributed by atoms with Gasteiger partial charge in [-0.1, -0.05) is 12.1 Å². The topological polar surface area (TPSA) is 58.6 Å². The van der Waals surface area contributed by atoms with Gasteiger partial charge in [0.05, 0.1) is 13.2 Å². The average Bonchev–Trinajstić information content (AvgIpc) is 3.07. The molecule has 2 aromatic rings. The van der Waals surface area contributed by atoms with Gasteiger partial charge < -0.3 is 10.1 Å². The van der Waals surface area contributed by atoms with Crippen molar-refractivity contribution in [2.24, 2.45) is 0 Å². The van der Waals surface area contributed by atoms with Gasteiger partial charge in [0.25, 0.3) is 0 Å². The van der Waals surface area contributed by atoms with Crippen molar-refractivity contribution >= 4 is 35.0 Å². The number of rotatable bonds is 8. The fraction of sp³-hybridized carbons (Fsp3) is 0.263. The summed E-state index contributed by atoms with van der Waals surface area (Å²) in [7, 11) is 1.92. The van der Waals surface area contributed by atoms with Gasteiger partial charge in [0.15, 0.2) is 0 Å². The molecule has 0 fully saturated rings. The highest BCUT2D eigenvalue weighted by Gasteiger charge is 2.08. The van der Waals surface area contributed by atoms with Gasteiger partial charge in [-0.25, -0.2) is 4.79 Å². The van der Waals surface area contributed by atoms with Crippen molar-refractivity contribution in [1.29, 1.82) is 0 Å². The lowest BCUT2D eigenvalue weighted by molar-refractivity contribution is -0.137. The molecule has 0 saturated heterocycles. The molecule has 1 heterocycles. The van der Waals surface area contributed by atoms with E-state index in [1.54, 1.807) is 24.3 Å². The summed E-state index contributed by atoms with van der Waals surface area (Å²) < 4.78 is 4.83. The molecule has 1 amide bonds. The molecule has 5 nitrogen and oxygen atoms in total. The third kappa shape index (κ3) is 6.91. The van der Waals surface area contributed by atoms with Crippen molar-refractivity contribution in [1.82, 2.24) is 4.90 Å². The standard InChI is InChI=1S/C19H22N2O3S/c1-3-24-19(23)9-6-15-4-7-17(8-5-15)20-18(22)13-21(2)12-16-10-11-25-14-16/h4-11,14H,3,12-13H2,1-2H3,(H,20,22)/b9-6+. The monoisotopic (exact) mass is 358 g/mol. The maximum atomic E-state index is 12.1. The van der Waals surface area contributed by atoms with Gasteiger partial charge in [-0.05, 0) is 60.1 Å². The number of ether oxygens (including phenoxy) is 1. The molecule has 0 bridgehead atoms. The minimum absolute atomic E-state index is 0.0625. The quantitative estimate of drug-likeness (QED) is 0.580. The molecule has 1 aromatic carbocycles. The van der Waals surface area contributed by atoms with Gasteiger partial charge in [0.2, 0.25) is 5.91 Å². The van der Waals surface area contributed by atoms with Crippen LogP contribution >= 0.6 is 11.3 Å². The van der Waals surface area contributed by atoms with Crippen LogP contribution in [0, 0.1) is 0 Å². The number of carbonyl (C=O) groups excluding carboxylic acids is 2. The number of hydrogen-bond acceptors (Lipinski definition) is 5. The number of hydrogen-bond donors (Lipinski definition) is 1. The molecule has 25 heavy (non-hydrogen) atoms. The Labute approximate surface area is 151 Å². The largest absolute Gasteiger partial charge is 0.463 e. The van der Waals surface area contributed by atoms with E-state index in [4.69, 9.17) is 4.74 Å². The number of amides is 1. The van der Waals surface area contributed by atoms with Gasteiger partial charge in [0.1, 0.15) is 0 Å². The molecular weight excluding hydrogens is 336 g/mol. The first-order valence-corrected chi connectivity index (χ1v) is 8.95. The van der Waals surface area contributed by atoms with Crippen LogP contribution in [-0.4, -0.2) is 37.0 Å². The molecule has 1 aromatic heterocycles. The minimum atomic E-state index is -0.367. The minimum Gasteiger partial charge on any atom is -0.463 e. The summed E-state index contributed by atoms with van der Waals surface area (Å²) in [6.45, 7) is 3.19. The van der Waals surface area contributed by atoms with Crippen LogP contribution in [0.5, 0.6) is 0 Å². The van der Waals surface area contributed by atoms with Gasteiger partial charge in [-0.2, -0.15) is 11.3 Å². The van der Waals surface area contributed by atoms with E-state index in [9.17, 15) is 9.59 Å². The fourth-order valence-electron chi connectivity index (χ4n) is 2.23. The maximum absolute atomic E-state index is 12.1. The first kappa shape index (κ1) is 18.9. The molecule has 0 aliphatic carbocycles. The molecule has 132 valence electrons. The molecular formula is C19H22N2O3S. The van der Waals surface area contributed by atoms with E-state index < -0.39 is 0 Å². The molecule has 0 unspecified atom stereocenters. The predicted molar refractivity (Wildman–Crippen MR) is 101 cm³/mol. The van der Waals surface area contributed by atoms with Crippen LogP contribution in [0.1, 0.15) is 18.1 Å². The smallest absolute Gasteiger partial charge is 0.330 e. The van der Waals surface area contributed by atoms with Crippen LogP contribution in [0.4, 0.5) is 5.69 Å². The van der Waals surface area contributed by atoms with E-state index in [-0.39, 0.29) is 11.9 Å². The highest BCUT2D eigenvalue weighted by atomic mass is 32.1. The molecule has 1 N–H and O–H groups in total. The zero-order valence-corrected chi connectivity index (χ0v) is 15.2. The van der Waals surface area contributed by atoms with Crippen molar-refractivity contribution in [2.45, 2.75) is 13.5 Å². The number of nitrogens with zero attached hydrogens (tertiary/aromatic N) is 1. The molecule has 0 atom stereocenters. The summed E-state index contributed by atoms with van der Waals surface area (Å²) in [5, 5.41) is 6.98. The van der Waals surface area contributed by atoms with E-state index in [0.717, 1.165) is 17.8 Å². The molecule has 0 saturated carbocycles. The lowest BCUT2D eigenvalue weighted by Gasteiger charge is -2.15. The van der Waals surface area contributed by atoms with Crippen molar-refractivity contribution in [3.63, 3.8) is 0 Å². The summed E-state index contributed by atoms with van der Waals surface area (Å²) in [6.07, 6.45) is 3.06. The van der Waals surface area contributed by atoms with Crippen LogP contribution in [-0.2, 0) is 20.9 Å². The Hall–Kier alpha value is -2.44. The molecule has 0 spiro atoms. The van der Waals surface area contributed by atoms with Gasteiger partial charge in [0, 0.05) is 18.3 Å². The summed E-state index contributed by atoms with van der Waals surface area (Å²) in [5.74, 6) is -0.430. The van der Waals surface area contributed by atoms with E-state index in [2.05, 4.69) is 16.8 Å². The Morgan fingerprint density at radius 1 is 1.24 bits per heavy atom. The van der Waals surface area contributed by atoms with Crippen molar-refractivity contribution < 1.29 is 14.3 Å². The van der Waals surface area contributed by atoms with Crippen LogP contribution in [0.15, 0.2) is 47.2 Å². The highest BCUT2D eigenvalue weighted by molar-refractivity contribution is 7.07. The number of likely N-dealkylation sites (N-methyl/N-ethyl adjacent to an activating group) is 1. The molecule has 6 heteroatoms. The Balaban J connectivity index is 1.81. The molecule has 2 rings (SSSR count). The molecule has 0 aliphatic rings. The van der Waals surface area contributed by atoms with Gasteiger partial charge in [-0.3, -0.25) is 9.69 Å². The van der Waals surface area contributed by atoms with Crippen LogP contribution in [0.2, 0.25) is 0 Å². The van der Waals surface area contributed by atoms with E-state index in [0.29, 0.717) is 13.2 Å². The van der Waals surface area contributed by atoms with Crippen molar-refractivity contribution in [3.8, 4) is 0 Å². The van der Waals surface area contributed by atoms with Crippen LogP contribution in [0.3, 0.4) is 0 Å². The summed E-state index contributed by atoms with van der Waals surface area (Å²) in [6, 6.07) is 9.34. The van der Waals surface area contributed by atoms with E-state index >= 15 is 0 Å². The Morgan fingerprint density at radius 3 is 2.64 bits per heavy atom. The van der Waals surface area contributed by atoms with E-state index in [1.165, 1.54) is 11.6 Å². The number of nitrogens with one attached hydrogen (secondary N) is 1. The Kier molecular flexibility index (Phi) is 7.37. The fourth-order valence-corrected chi connectivity index (χ4v) is 2.89. The number of esters is 1. The number of thiophene rings is 1. The SMILES string of the molecule is CCOC(=O)/C=C/c1ccc(NC(=O)CN(C)Cc2ccsc2)cc1. The zero-order chi connectivity index (χ0) is 18.1. The van der Waals surface area contributed by atoms with Crippen LogP contribution in [0.25, 0.3) is 6.08 Å². The van der Waals surface area contributed by atoms with Crippen LogP contribution < -0.4 is 5.32 Å². The second kappa shape index (κ2) is 9.76. The number of anilines is 1. The third-order valence-corrected chi connectivity index (χ3v) is 4.07. The van der Waals surface area contributed by atoms with Crippen molar-refractivity contribution in [2.75, 3.05) is 25.5 Å². The summed E-state index contributed by atoms with van der Waals surface area (Å²) in [4.78, 5) is 25.3. The first-order chi connectivity index (χ1) is 12.1. The number of carbonyl (C=O) groups is 2. The second-order valence-corrected chi connectivity index (χ2v) is 6.34. The summed E-state index contributed by atoms with van der Waals surface area (Å²) >= 11 is 1.65. The lowest BCUT2D eigenvalue weighted by Crippen LogP contribution is -2.29. The maximum Gasteiger partial charge on any atom is 0.330 e. The third-order valence-electron chi connectivity index (χ3n) is 3.34. The first-order valence-electron chi connectivity index (χ1n) is 8.01. The predicted octanol–water partition coefficient (Wildman–Crippen LogP) is 3.39. The Morgan fingerprint density at radius 2 is 2.00 bits per heavy atom. The van der Waals surface area contributed by atoms with E-state index in [1.807, 2.05) is 41.6 Å². The van der Waals surface area contributed by atoms with Gasteiger partial charge in [-0.15, -0.1) is 0 Å². The normalized spacial score (nSPS) is 11.0. The second-order valence-electron chi connectivity index (χ2n) is 5.56. The zero-order valence-electron chi connectivity index (χ0n) is 14.4. The molecule has 0 radical (unpaired) electrons. The van der Waals surface area contributed by atoms with Gasteiger partial charge >= 0.3 is 5.97 Å². The Bertz CT molecular complexity index is 709. The number of benzene rings is 1. The highest BCUT2D eigenvalue weighted by Crippen LogP contribution is 2.12. The average molecular weight is 358 g/mol. The molecule has 0 aliphatic heterocycles. The van der Waals surface area contributed by atoms with Crippen molar-refractivity contribution in [3.05, 3.63) is 58.3 Å².